The van der Waals surface area contributed by atoms with Crippen LogP contribution in [0.4, 0.5) is 22.7 Å². The molecule has 0 saturated carbocycles. The largest absolute Gasteiger partial charge is 0.495 e. The number of unbranched alkanes of at least 4 members (excludes halogenated alkanes) is 1. The first kappa shape index (κ1) is 32.9. The predicted molar refractivity (Wildman–Crippen MR) is 178 cm³/mol. The van der Waals surface area contributed by atoms with E-state index in [0.717, 1.165) is 50.3 Å². The van der Waals surface area contributed by atoms with Crippen molar-refractivity contribution in [2.75, 3.05) is 75.7 Å². The Bertz CT molecular complexity index is 1580. The number of nitrogens with zero attached hydrogens (tertiary/aromatic N) is 3. The van der Waals surface area contributed by atoms with Gasteiger partial charge in [0, 0.05) is 38.8 Å². The molecule has 238 valence electrons. The summed E-state index contributed by atoms with van der Waals surface area (Å²) in [5.41, 5.74) is 15.6. The lowest BCUT2D eigenvalue weighted by Crippen LogP contribution is -2.44. The van der Waals surface area contributed by atoms with Gasteiger partial charge in [0.05, 0.1) is 47.7 Å². The number of carbonyl (C=O) groups is 2. The molecule has 1 aliphatic heterocycles. The van der Waals surface area contributed by atoms with Crippen molar-refractivity contribution in [2.45, 2.75) is 26.2 Å². The summed E-state index contributed by atoms with van der Waals surface area (Å²) in [6.07, 6.45) is 2.19. The summed E-state index contributed by atoms with van der Waals surface area (Å²) in [4.78, 5) is 43.9. The molecule has 11 heteroatoms. The lowest BCUT2D eigenvalue weighted by atomic mass is 10.1. The first-order valence-electron chi connectivity index (χ1n) is 14.9. The van der Waals surface area contributed by atoms with Gasteiger partial charge < -0.3 is 41.0 Å². The third kappa shape index (κ3) is 8.14. The fraction of sp³-hybridized carbons (Fsp3) is 0.353. The van der Waals surface area contributed by atoms with Crippen molar-refractivity contribution in [3.8, 4) is 11.5 Å². The van der Waals surface area contributed by atoms with Crippen LogP contribution >= 0.6 is 0 Å². The monoisotopic (exact) mass is 614 g/mol. The summed E-state index contributed by atoms with van der Waals surface area (Å²) < 4.78 is 11.7. The van der Waals surface area contributed by atoms with E-state index in [1.165, 1.54) is 12.0 Å². The second kappa shape index (κ2) is 15.1. The van der Waals surface area contributed by atoms with Gasteiger partial charge in [-0.1, -0.05) is 12.1 Å². The minimum Gasteiger partial charge on any atom is -0.495 e. The molecule has 0 aromatic heterocycles. The van der Waals surface area contributed by atoms with Gasteiger partial charge in [-0.2, -0.15) is 0 Å². The van der Waals surface area contributed by atoms with E-state index in [9.17, 15) is 14.4 Å². The SMILES string of the molecule is COc1cc(C(=O)N(C)c2ccc(C)cc2OCCCCC(=C=O)N2CCN(C)CC2)ccc1NC(=O)c1cccc(N)c1N. The van der Waals surface area contributed by atoms with E-state index in [1.807, 2.05) is 25.1 Å². The van der Waals surface area contributed by atoms with Gasteiger partial charge in [-0.15, -0.1) is 0 Å². The van der Waals surface area contributed by atoms with E-state index in [1.54, 1.807) is 43.4 Å². The maximum absolute atomic E-state index is 13.6. The van der Waals surface area contributed by atoms with E-state index in [2.05, 4.69) is 28.1 Å². The van der Waals surface area contributed by atoms with Crippen LogP contribution in [0.25, 0.3) is 0 Å². The van der Waals surface area contributed by atoms with Gasteiger partial charge in [0.15, 0.2) is 0 Å². The molecule has 4 rings (SSSR count). The molecular weight excluding hydrogens is 572 g/mol. The Hall–Kier alpha value is -4.99. The van der Waals surface area contributed by atoms with Crippen molar-refractivity contribution in [1.82, 2.24) is 9.80 Å². The average molecular weight is 615 g/mol. The van der Waals surface area contributed by atoms with E-state index in [0.29, 0.717) is 47.2 Å². The Morgan fingerprint density at radius 2 is 1.76 bits per heavy atom. The molecule has 5 N–H and O–H groups in total. The average Bonchev–Trinajstić information content (AvgIpc) is 3.04. The Morgan fingerprint density at radius 1 is 1.00 bits per heavy atom. The van der Waals surface area contributed by atoms with Gasteiger partial charge in [-0.25, -0.2) is 4.79 Å². The lowest BCUT2D eigenvalue weighted by Gasteiger charge is -2.34. The Kier molecular flexibility index (Phi) is 11.1. The van der Waals surface area contributed by atoms with Gasteiger partial charge in [0.25, 0.3) is 11.8 Å². The highest BCUT2D eigenvalue weighted by Crippen LogP contribution is 2.32. The van der Waals surface area contributed by atoms with Crippen LogP contribution in [0.15, 0.2) is 60.3 Å². The summed E-state index contributed by atoms with van der Waals surface area (Å²) in [6, 6.07) is 15.3. The number of allylic oxidation sites excluding steroid dienone is 1. The third-order valence-corrected chi connectivity index (χ3v) is 7.93. The van der Waals surface area contributed by atoms with E-state index >= 15 is 0 Å². The molecular formula is C34H42N6O5. The molecule has 3 aromatic carbocycles. The number of piperazine rings is 1. The number of carbonyl (C=O) groups excluding carboxylic acids is 3. The Labute approximate surface area is 264 Å². The van der Waals surface area contributed by atoms with Crippen molar-refractivity contribution in [2.24, 2.45) is 0 Å². The zero-order chi connectivity index (χ0) is 32.5. The number of amides is 2. The molecule has 1 aliphatic rings. The number of nitrogens with one attached hydrogen (secondary N) is 1. The summed E-state index contributed by atoms with van der Waals surface area (Å²) in [5, 5.41) is 2.78. The number of nitrogens with two attached hydrogens (primary N) is 2. The van der Waals surface area contributed by atoms with Gasteiger partial charge >= 0.3 is 0 Å². The standard InChI is InChI=1S/C34H42N6O5/c1-23-11-14-29(31(20-23)45-19-6-5-8-25(22-41)40-17-15-38(2)16-18-40)39(3)34(43)24-12-13-28(30(21-24)44-4)37-33(42)26-9-7-10-27(35)32(26)36/h7,9-14,20-21H,5-6,8,15-19,35-36H2,1-4H3,(H,37,42). The highest BCUT2D eigenvalue weighted by molar-refractivity contribution is 6.11. The first-order chi connectivity index (χ1) is 21.6. The lowest BCUT2D eigenvalue weighted by molar-refractivity contribution is 0.0990. The summed E-state index contributed by atoms with van der Waals surface area (Å²) in [5.74, 6) is 2.30. The zero-order valence-corrected chi connectivity index (χ0v) is 26.4. The number of methoxy groups -OCH3 is 1. The van der Waals surface area contributed by atoms with Crippen molar-refractivity contribution in [3.05, 3.63) is 77.0 Å². The zero-order valence-electron chi connectivity index (χ0n) is 26.4. The number of rotatable bonds is 12. The second-order valence-corrected chi connectivity index (χ2v) is 11.2. The van der Waals surface area contributed by atoms with E-state index < -0.39 is 5.91 Å². The van der Waals surface area contributed by atoms with E-state index in [4.69, 9.17) is 20.9 Å². The van der Waals surface area contributed by atoms with Crippen LogP contribution < -0.4 is 31.2 Å². The topological polar surface area (TPSA) is 143 Å². The molecule has 0 radical (unpaired) electrons. The molecule has 0 atom stereocenters. The summed E-state index contributed by atoms with van der Waals surface area (Å²) >= 11 is 0. The molecule has 0 spiro atoms. The quantitative estimate of drug-likeness (QED) is 0.155. The molecule has 2 amide bonds. The fourth-order valence-electron chi connectivity index (χ4n) is 5.14. The van der Waals surface area contributed by atoms with Crippen LogP contribution in [0.2, 0.25) is 0 Å². The maximum Gasteiger partial charge on any atom is 0.258 e. The number of ether oxygens (including phenoxy) is 2. The normalized spacial score (nSPS) is 13.1. The van der Waals surface area contributed by atoms with E-state index in [-0.39, 0.29) is 17.2 Å². The minimum absolute atomic E-state index is 0.187. The molecule has 3 aromatic rings. The number of hydrogen-bond donors (Lipinski definition) is 3. The summed E-state index contributed by atoms with van der Waals surface area (Å²) in [6.45, 7) is 5.95. The highest BCUT2D eigenvalue weighted by Gasteiger charge is 2.21. The molecule has 1 saturated heterocycles. The van der Waals surface area contributed by atoms with Gasteiger partial charge in [-0.3, -0.25) is 9.59 Å². The smallest absolute Gasteiger partial charge is 0.258 e. The van der Waals surface area contributed by atoms with Crippen molar-refractivity contribution in [1.29, 1.82) is 0 Å². The molecule has 0 aliphatic carbocycles. The Morgan fingerprint density at radius 3 is 2.47 bits per heavy atom. The number of para-hydroxylation sites is 1. The van der Waals surface area contributed by atoms with Crippen LogP contribution in [0.3, 0.4) is 0 Å². The number of benzene rings is 3. The van der Waals surface area contributed by atoms with Crippen LogP contribution in [-0.2, 0) is 4.79 Å². The fourth-order valence-corrected chi connectivity index (χ4v) is 5.14. The van der Waals surface area contributed by atoms with Crippen LogP contribution in [0.1, 0.15) is 45.5 Å². The van der Waals surface area contributed by atoms with Crippen molar-refractivity contribution in [3.63, 3.8) is 0 Å². The Balaban J connectivity index is 1.39. The molecule has 1 fully saturated rings. The van der Waals surface area contributed by atoms with Gasteiger partial charge in [0.2, 0.25) is 0 Å². The van der Waals surface area contributed by atoms with Gasteiger partial charge in [-0.05, 0) is 81.3 Å². The van der Waals surface area contributed by atoms with Crippen molar-refractivity contribution < 1.29 is 23.9 Å². The molecule has 11 nitrogen and oxygen atoms in total. The molecule has 0 unspecified atom stereocenters. The molecule has 1 heterocycles. The molecule has 45 heavy (non-hydrogen) atoms. The highest BCUT2D eigenvalue weighted by atomic mass is 16.5. The predicted octanol–water partition coefficient (Wildman–Crippen LogP) is 4.21. The van der Waals surface area contributed by atoms with Gasteiger partial charge in [0.1, 0.15) is 17.4 Å². The molecule has 0 bridgehead atoms. The number of aryl methyl sites for hydroxylation is 1. The first-order valence-corrected chi connectivity index (χ1v) is 14.9. The second-order valence-electron chi connectivity index (χ2n) is 11.2. The maximum atomic E-state index is 13.6. The number of nitrogen functional groups attached to an aromatic ring is 2. The number of anilines is 4. The van der Waals surface area contributed by atoms with Crippen LogP contribution in [0, 0.1) is 6.92 Å². The summed E-state index contributed by atoms with van der Waals surface area (Å²) in [7, 11) is 5.23. The third-order valence-electron chi connectivity index (χ3n) is 7.93. The number of hydrogen-bond acceptors (Lipinski definition) is 9. The van der Waals surface area contributed by atoms with Crippen molar-refractivity contribution >= 4 is 40.5 Å². The minimum atomic E-state index is -0.450. The number of likely N-dealkylation sites (N-methyl/N-ethyl adjacent to an activating group) is 1. The van der Waals surface area contributed by atoms with Crippen LogP contribution in [0.5, 0.6) is 11.5 Å². The van der Waals surface area contributed by atoms with Crippen LogP contribution in [-0.4, -0.2) is 81.5 Å².